The van der Waals surface area contributed by atoms with Gasteiger partial charge in [0.15, 0.2) is 0 Å². The van der Waals surface area contributed by atoms with E-state index in [1.807, 2.05) is 17.5 Å². The summed E-state index contributed by atoms with van der Waals surface area (Å²) in [5.41, 5.74) is 8.09. The number of carbonyl (C=O) groups is 1. The smallest absolute Gasteiger partial charge is 0.251 e. The van der Waals surface area contributed by atoms with Crippen molar-refractivity contribution in [1.82, 2.24) is 10.3 Å². The van der Waals surface area contributed by atoms with Crippen LogP contribution in [0.25, 0.3) is 0 Å². The van der Waals surface area contributed by atoms with Gasteiger partial charge in [0.2, 0.25) is 0 Å². The Labute approximate surface area is 128 Å². The normalized spacial score (nSPS) is 9.90. The van der Waals surface area contributed by atoms with Crippen molar-refractivity contribution in [3.05, 3.63) is 51.5 Å². The van der Waals surface area contributed by atoms with E-state index in [9.17, 15) is 4.79 Å². The monoisotopic (exact) mass is 311 g/mol. The Hall–Kier alpha value is -1.43. The van der Waals surface area contributed by atoms with Crippen molar-refractivity contribution in [2.45, 2.75) is 26.4 Å². The average molecular weight is 312 g/mol. The molecule has 0 atom stereocenters. The molecule has 6 heteroatoms. The molecule has 1 heterocycles. The lowest BCUT2D eigenvalue weighted by Gasteiger charge is -2.04. The van der Waals surface area contributed by atoms with E-state index in [2.05, 4.69) is 17.2 Å². The number of amides is 1. The van der Waals surface area contributed by atoms with Crippen LogP contribution in [0.1, 0.15) is 33.5 Å². The van der Waals surface area contributed by atoms with Crippen LogP contribution in [0.2, 0.25) is 0 Å². The Morgan fingerprint density at radius 1 is 1.35 bits per heavy atom. The zero-order valence-corrected chi connectivity index (χ0v) is 12.9. The van der Waals surface area contributed by atoms with Crippen molar-refractivity contribution in [2.75, 3.05) is 0 Å². The zero-order valence-electron chi connectivity index (χ0n) is 11.3. The molecule has 20 heavy (non-hydrogen) atoms. The van der Waals surface area contributed by atoms with Crippen molar-refractivity contribution < 1.29 is 4.79 Å². The SMILES string of the molecule is CCc1nc(CNC(=O)c2ccc(CN)cc2)cs1.Cl. The van der Waals surface area contributed by atoms with Crippen LogP contribution in [0, 0.1) is 0 Å². The van der Waals surface area contributed by atoms with Gasteiger partial charge in [-0.15, -0.1) is 23.7 Å². The summed E-state index contributed by atoms with van der Waals surface area (Å²) in [4.78, 5) is 16.3. The topological polar surface area (TPSA) is 68.0 Å². The highest BCUT2D eigenvalue weighted by Crippen LogP contribution is 2.10. The van der Waals surface area contributed by atoms with Crippen LogP contribution in [0.4, 0.5) is 0 Å². The third kappa shape index (κ3) is 4.30. The van der Waals surface area contributed by atoms with Gasteiger partial charge in [-0.2, -0.15) is 0 Å². The third-order valence-electron chi connectivity index (χ3n) is 2.78. The molecule has 1 aromatic carbocycles. The maximum atomic E-state index is 11.9. The quantitative estimate of drug-likeness (QED) is 0.891. The minimum atomic E-state index is -0.0883. The summed E-state index contributed by atoms with van der Waals surface area (Å²) in [7, 11) is 0. The van der Waals surface area contributed by atoms with Gasteiger partial charge < -0.3 is 11.1 Å². The number of rotatable bonds is 5. The number of carbonyl (C=O) groups excluding carboxylic acids is 1. The molecule has 0 radical (unpaired) electrons. The summed E-state index contributed by atoms with van der Waals surface area (Å²) in [5, 5.41) is 5.94. The van der Waals surface area contributed by atoms with Crippen molar-refractivity contribution in [1.29, 1.82) is 0 Å². The first-order chi connectivity index (χ1) is 9.22. The van der Waals surface area contributed by atoms with E-state index < -0.39 is 0 Å². The summed E-state index contributed by atoms with van der Waals surface area (Å²) in [6.45, 7) is 3.02. The van der Waals surface area contributed by atoms with Gasteiger partial charge in [0.05, 0.1) is 17.2 Å². The third-order valence-corrected chi connectivity index (χ3v) is 3.83. The first kappa shape index (κ1) is 16.6. The summed E-state index contributed by atoms with van der Waals surface area (Å²) >= 11 is 1.63. The first-order valence-electron chi connectivity index (χ1n) is 6.23. The number of thiazole rings is 1. The van der Waals surface area contributed by atoms with E-state index in [1.54, 1.807) is 23.5 Å². The number of nitrogens with two attached hydrogens (primary N) is 1. The summed E-state index contributed by atoms with van der Waals surface area (Å²) in [5.74, 6) is -0.0883. The summed E-state index contributed by atoms with van der Waals surface area (Å²) in [6, 6.07) is 7.31. The van der Waals surface area contributed by atoms with Crippen molar-refractivity contribution >= 4 is 29.7 Å². The van der Waals surface area contributed by atoms with Crippen LogP contribution in [0.15, 0.2) is 29.6 Å². The van der Waals surface area contributed by atoms with Crippen molar-refractivity contribution in [2.24, 2.45) is 5.73 Å². The van der Waals surface area contributed by atoms with Gasteiger partial charge in [-0.05, 0) is 24.1 Å². The Morgan fingerprint density at radius 3 is 2.60 bits per heavy atom. The second kappa shape index (κ2) is 7.99. The number of halogens is 1. The molecule has 0 bridgehead atoms. The maximum Gasteiger partial charge on any atom is 0.251 e. The van der Waals surface area contributed by atoms with Gasteiger partial charge in [0.1, 0.15) is 0 Å². The van der Waals surface area contributed by atoms with Crippen LogP contribution in [-0.2, 0) is 19.5 Å². The fourth-order valence-corrected chi connectivity index (χ4v) is 2.40. The van der Waals surface area contributed by atoms with E-state index in [1.165, 1.54) is 0 Å². The number of aromatic nitrogens is 1. The molecular formula is C14H18ClN3OS. The molecule has 3 N–H and O–H groups in total. The van der Waals surface area contributed by atoms with Gasteiger partial charge >= 0.3 is 0 Å². The minimum absolute atomic E-state index is 0. The highest BCUT2D eigenvalue weighted by molar-refractivity contribution is 7.09. The molecule has 0 fully saturated rings. The largest absolute Gasteiger partial charge is 0.346 e. The number of nitrogens with one attached hydrogen (secondary N) is 1. The molecular weight excluding hydrogens is 294 g/mol. The van der Waals surface area contributed by atoms with E-state index in [0.29, 0.717) is 18.7 Å². The predicted molar refractivity (Wildman–Crippen MR) is 84.2 cm³/mol. The first-order valence-corrected chi connectivity index (χ1v) is 7.11. The highest BCUT2D eigenvalue weighted by atomic mass is 35.5. The lowest BCUT2D eigenvalue weighted by molar-refractivity contribution is 0.0950. The molecule has 2 rings (SSSR count). The fraction of sp³-hybridized carbons (Fsp3) is 0.286. The van der Waals surface area contributed by atoms with Crippen LogP contribution in [-0.4, -0.2) is 10.9 Å². The van der Waals surface area contributed by atoms with Gasteiger partial charge in [0.25, 0.3) is 5.91 Å². The van der Waals surface area contributed by atoms with Crippen LogP contribution >= 0.6 is 23.7 Å². The second-order valence-electron chi connectivity index (χ2n) is 4.17. The average Bonchev–Trinajstić information content (AvgIpc) is 2.93. The van der Waals surface area contributed by atoms with Crippen molar-refractivity contribution in [3.63, 3.8) is 0 Å². The van der Waals surface area contributed by atoms with E-state index >= 15 is 0 Å². The van der Waals surface area contributed by atoms with Gasteiger partial charge in [0, 0.05) is 17.5 Å². The predicted octanol–water partition coefficient (Wildman–Crippen LogP) is 2.52. The molecule has 108 valence electrons. The van der Waals surface area contributed by atoms with E-state index in [4.69, 9.17) is 5.73 Å². The second-order valence-corrected chi connectivity index (χ2v) is 5.11. The van der Waals surface area contributed by atoms with E-state index in [0.717, 1.165) is 22.7 Å². The molecule has 0 saturated heterocycles. The molecule has 0 aliphatic heterocycles. The number of nitrogens with zero attached hydrogens (tertiary/aromatic N) is 1. The molecule has 2 aromatic rings. The molecule has 1 amide bonds. The molecule has 0 unspecified atom stereocenters. The Bertz CT molecular complexity index is 554. The summed E-state index contributed by atoms with van der Waals surface area (Å²) in [6.07, 6.45) is 0.930. The molecule has 0 aliphatic carbocycles. The highest BCUT2D eigenvalue weighted by Gasteiger charge is 2.06. The van der Waals surface area contributed by atoms with Gasteiger partial charge in [-0.25, -0.2) is 4.98 Å². The van der Waals surface area contributed by atoms with Crippen LogP contribution < -0.4 is 11.1 Å². The number of hydrogen-bond donors (Lipinski definition) is 2. The fourth-order valence-electron chi connectivity index (χ4n) is 1.66. The Kier molecular flexibility index (Phi) is 6.64. The van der Waals surface area contributed by atoms with Gasteiger partial charge in [-0.3, -0.25) is 4.79 Å². The molecule has 0 aliphatic rings. The Morgan fingerprint density at radius 2 is 2.05 bits per heavy atom. The number of hydrogen-bond acceptors (Lipinski definition) is 4. The zero-order chi connectivity index (χ0) is 13.7. The molecule has 1 aromatic heterocycles. The maximum absolute atomic E-state index is 11.9. The lowest BCUT2D eigenvalue weighted by Crippen LogP contribution is -2.23. The van der Waals surface area contributed by atoms with Crippen LogP contribution in [0.5, 0.6) is 0 Å². The Balaban J connectivity index is 0.00000200. The number of benzene rings is 1. The van der Waals surface area contributed by atoms with Gasteiger partial charge in [-0.1, -0.05) is 19.1 Å². The minimum Gasteiger partial charge on any atom is -0.346 e. The lowest BCUT2D eigenvalue weighted by atomic mass is 10.1. The van der Waals surface area contributed by atoms with Crippen LogP contribution in [0.3, 0.4) is 0 Å². The molecule has 4 nitrogen and oxygen atoms in total. The summed E-state index contributed by atoms with van der Waals surface area (Å²) < 4.78 is 0. The standard InChI is InChI=1S/C14H17N3OS.ClH/c1-2-13-17-12(9-19-13)8-16-14(18)11-5-3-10(7-15)4-6-11;/h3-6,9H,2,7-8,15H2,1H3,(H,16,18);1H. The number of aryl methyl sites for hydroxylation is 1. The van der Waals surface area contributed by atoms with Crippen molar-refractivity contribution in [3.8, 4) is 0 Å². The van der Waals surface area contributed by atoms with E-state index in [-0.39, 0.29) is 18.3 Å². The molecule has 0 spiro atoms. The molecule has 0 saturated carbocycles.